The normalized spacial score (nSPS) is 12.3. The molecular formula is C20H24F2IN3O4. The molecule has 1 heterocycles. The Kier molecular flexibility index (Phi) is 9.71. The van der Waals surface area contributed by atoms with Crippen molar-refractivity contribution in [3.8, 4) is 23.0 Å². The Labute approximate surface area is 190 Å². The standard InChI is InChI=1S/C20H23F2N3O4.HI/c1-23-20(24-8-5-9-26-15-6-3-2-4-7-15)25-12-14-10-17-18(28-13-27-17)11-16(14)29-19(21)22;/h2-4,6-7,10-11,19H,5,8-9,12-13H2,1H3,(H2,23,24,25);1H. The Morgan fingerprint density at radius 1 is 1.13 bits per heavy atom. The monoisotopic (exact) mass is 535 g/mol. The average Bonchev–Trinajstić information content (AvgIpc) is 3.17. The highest BCUT2D eigenvalue weighted by Gasteiger charge is 2.20. The highest BCUT2D eigenvalue weighted by atomic mass is 127. The van der Waals surface area contributed by atoms with E-state index in [2.05, 4.69) is 20.4 Å². The summed E-state index contributed by atoms with van der Waals surface area (Å²) >= 11 is 0. The average molecular weight is 535 g/mol. The molecule has 0 saturated carbocycles. The first-order chi connectivity index (χ1) is 14.2. The molecule has 10 heteroatoms. The molecule has 0 fully saturated rings. The minimum atomic E-state index is -2.93. The van der Waals surface area contributed by atoms with Crippen molar-refractivity contribution in [2.75, 3.05) is 27.0 Å². The van der Waals surface area contributed by atoms with Crippen LogP contribution in [0.1, 0.15) is 12.0 Å². The summed E-state index contributed by atoms with van der Waals surface area (Å²) in [7, 11) is 1.63. The van der Waals surface area contributed by atoms with Gasteiger partial charge in [0, 0.05) is 31.8 Å². The molecule has 2 aromatic carbocycles. The lowest BCUT2D eigenvalue weighted by Gasteiger charge is -2.15. The summed E-state index contributed by atoms with van der Waals surface area (Å²) in [5.41, 5.74) is 0.505. The number of guanidine groups is 1. The van der Waals surface area contributed by atoms with Crippen molar-refractivity contribution in [1.29, 1.82) is 0 Å². The molecule has 164 valence electrons. The Bertz CT molecular complexity index is 825. The molecule has 2 aromatic rings. The molecule has 0 amide bonds. The van der Waals surface area contributed by atoms with Crippen LogP contribution >= 0.6 is 24.0 Å². The van der Waals surface area contributed by atoms with Gasteiger partial charge in [-0.2, -0.15) is 8.78 Å². The number of halogens is 3. The van der Waals surface area contributed by atoms with E-state index in [1.165, 1.54) is 6.07 Å². The van der Waals surface area contributed by atoms with Crippen molar-refractivity contribution >= 4 is 29.9 Å². The zero-order valence-corrected chi connectivity index (χ0v) is 18.7. The van der Waals surface area contributed by atoms with Gasteiger partial charge >= 0.3 is 6.61 Å². The summed E-state index contributed by atoms with van der Waals surface area (Å²) in [6, 6.07) is 12.6. The number of alkyl halides is 2. The maximum Gasteiger partial charge on any atom is 0.387 e. The van der Waals surface area contributed by atoms with Crippen LogP contribution in [-0.2, 0) is 6.54 Å². The predicted molar refractivity (Wildman–Crippen MR) is 119 cm³/mol. The first-order valence-electron chi connectivity index (χ1n) is 9.15. The van der Waals surface area contributed by atoms with E-state index >= 15 is 0 Å². The molecule has 0 atom stereocenters. The highest BCUT2D eigenvalue weighted by Crippen LogP contribution is 2.38. The van der Waals surface area contributed by atoms with Crippen molar-refractivity contribution in [2.45, 2.75) is 19.6 Å². The van der Waals surface area contributed by atoms with Crippen LogP contribution in [0.3, 0.4) is 0 Å². The van der Waals surface area contributed by atoms with E-state index in [1.54, 1.807) is 13.1 Å². The van der Waals surface area contributed by atoms with Crippen LogP contribution in [0.2, 0.25) is 0 Å². The molecule has 30 heavy (non-hydrogen) atoms. The van der Waals surface area contributed by atoms with Gasteiger partial charge in [0.15, 0.2) is 17.5 Å². The molecule has 1 aliphatic heterocycles. The predicted octanol–water partition coefficient (Wildman–Crippen LogP) is 3.77. The second-order valence-electron chi connectivity index (χ2n) is 6.06. The van der Waals surface area contributed by atoms with Crippen LogP contribution in [0.4, 0.5) is 8.78 Å². The van der Waals surface area contributed by atoms with Crippen molar-refractivity contribution in [1.82, 2.24) is 10.6 Å². The van der Waals surface area contributed by atoms with E-state index in [9.17, 15) is 8.78 Å². The molecular weight excluding hydrogens is 511 g/mol. The van der Waals surface area contributed by atoms with Gasteiger partial charge < -0.3 is 29.6 Å². The number of benzene rings is 2. The number of nitrogens with zero attached hydrogens (tertiary/aromatic N) is 1. The topological polar surface area (TPSA) is 73.3 Å². The second kappa shape index (κ2) is 12.3. The molecule has 0 radical (unpaired) electrons. The number of hydrogen-bond donors (Lipinski definition) is 2. The molecule has 0 unspecified atom stereocenters. The lowest BCUT2D eigenvalue weighted by molar-refractivity contribution is -0.0505. The maximum absolute atomic E-state index is 12.7. The molecule has 2 N–H and O–H groups in total. The zero-order valence-electron chi connectivity index (χ0n) is 16.4. The number of fused-ring (bicyclic) bond motifs is 1. The summed E-state index contributed by atoms with van der Waals surface area (Å²) in [6.45, 7) is -1.47. The smallest absolute Gasteiger partial charge is 0.387 e. The zero-order chi connectivity index (χ0) is 20.5. The van der Waals surface area contributed by atoms with E-state index in [1.807, 2.05) is 30.3 Å². The Morgan fingerprint density at radius 2 is 1.87 bits per heavy atom. The number of rotatable bonds is 9. The van der Waals surface area contributed by atoms with Gasteiger partial charge in [-0.1, -0.05) is 18.2 Å². The van der Waals surface area contributed by atoms with Crippen LogP contribution < -0.4 is 29.6 Å². The van der Waals surface area contributed by atoms with Gasteiger partial charge in [-0.25, -0.2) is 0 Å². The van der Waals surface area contributed by atoms with E-state index < -0.39 is 6.61 Å². The number of hydrogen-bond acceptors (Lipinski definition) is 5. The molecule has 1 aliphatic rings. The van der Waals surface area contributed by atoms with Gasteiger partial charge in [-0.15, -0.1) is 24.0 Å². The number of para-hydroxylation sites is 1. The van der Waals surface area contributed by atoms with E-state index in [4.69, 9.17) is 14.2 Å². The van der Waals surface area contributed by atoms with E-state index in [0.29, 0.717) is 36.2 Å². The molecule has 0 bridgehead atoms. The van der Waals surface area contributed by atoms with Gasteiger partial charge in [0.1, 0.15) is 11.5 Å². The maximum atomic E-state index is 12.7. The quantitative estimate of drug-likeness (QED) is 0.221. The minimum absolute atomic E-state index is 0. The Balaban J connectivity index is 0.00000320. The Hall–Kier alpha value is -2.50. The molecule has 0 aromatic heterocycles. The van der Waals surface area contributed by atoms with Crippen LogP contribution in [0.25, 0.3) is 0 Å². The number of ether oxygens (including phenoxy) is 4. The molecule has 3 rings (SSSR count). The molecule has 7 nitrogen and oxygen atoms in total. The minimum Gasteiger partial charge on any atom is -0.494 e. The lowest BCUT2D eigenvalue weighted by Crippen LogP contribution is -2.37. The third-order valence-electron chi connectivity index (χ3n) is 4.07. The van der Waals surface area contributed by atoms with Gasteiger partial charge in [0.25, 0.3) is 0 Å². The van der Waals surface area contributed by atoms with Crippen LogP contribution in [-0.4, -0.2) is 39.6 Å². The van der Waals surface area contributed by atoms with Gasteiger partial charge in [0.2, 0.25) is 6.79 Å². The molecule has 0 aliphatic carbocycles. The van der Waals surface area contributed by atoms with Crippen molar-refractivity contribution < 1.29 is 27.7 Å². The highest BCUT2D eigenvalue weighted by molar-refractivity contribution is 14.0. The first kappa shape index (κ1) is 23.8. The summed E-state index contributed by atoms with van der Waals surface area (Å²) in [5.74, 6) is 2.26. The van der Waals surface area contributed by atoms with E-state index in [-0.39, 0.29) is 43.1 Å². The summed E-state index contributed by atoms with van der Waals surface area (Å²) in [5, 5.41) is 6.23. The van der Waals surface area contributed by atoms with Crippen LogP contribution in [0.5, 0.6) is 23.0 Å². The first-order valence-corrected chi connectivity index (χ1v) is 9.15. The van der Waals surface area contributed by atoms with Gasteiger partial charge in [-0.05, 0) is 24.6 Å². The third-order valence-corrected chi connectivity index (χ3v) is 4.07. The van der Waals surface area contributed by atoms with E-state index in [0.717, 1.165) is 12.2 Å². The number of nitrogens with one attached hydrogen (secondary N) is 2. The second-order valence-corrected chi connectivity index (χ2v) is 6.06. The van der Waals surface area contributed by atoms with Gasteiger partial charge in [0.05, 0.1) is 6.61 Å². The van der Waals surface area contributed by atoms with Crippen molar-refractivity contribution in [2.24, 2.45) is 4.99 Å². The largest absolute Gasteiger partial charge is 0.494 e. The van der Waals surface area contributed by atoms with Crippen molar-refractivity contribution in [3.05, 3.63) is 48.0 Å². The fourth-order valence-electron chi connectivity index (χ4n) is 2.69. The fraction of sp³-hybridized carbons (Fsp3) is 0.350. The molecule has 0 spiro atoms. The summed E-state index contributed by atoms with van der Waals surface area (Å²) in [4.78, 5) is 4.13. The SMILES string of the molecule is CN=C(NCCCOc1ccccc1)NCc1cc2c(cc1OC(F)F)OCO2.I. The summed E-state index contributed by atoms with van der Waals surface area (Å²) in [6.07, 6.45) is 0.763. The third kappa shape index (κ3) is 7.08. The van der Waals surface area contributed by atoms with Crippen LogP contribution in [0, 0.1) is 0 Å². The Morgan fingerprint density at radius 3 is 2.57 bits per heavy atom. The van der Waals surface area contributed by atoms with Gasteiger partial charge in [-0.3, -0.25) is 4.99 Å². The lowest BCUT2D eigenvalue weighted by atomic mass is 10.1. The molecule has 0 saturated heterocycles. The summed E-state index contributed by atoms with van der Waals surface area (Å²) < 4.78 is 46.2. The fourth-order valence-corrected chi connectivity index (χ4v) is 2.69. The number of aliphatic imine (C=N–C) groups is 1. The van der Waals surface area contributed by atoms with Crippen molar-refractivity contribution in [3.63, 3.8) is 0 Å². The van der Waals surface area contributed by atoms with Crippen LogP contribution in [0.15, 0.2) is 47.5 Å².